The van der Waals surface area contributed by atoms with Gasteiger partial charge in [-0.05, 0) is 38.8 Å². The molecule has 0 N–H and O–H groups in total. The van der Waals surface area contributed by atoms with E-state index in [9.17, 15) is 4.79 Å². The number of hydrogen-bond donors (Lipinski definition) is 0. The van der Waals surface area contributed by atoms with E-state index in [-0.39, 0.29) is 12.1 Å². The van der Waals surface area contributed by atoms with Crippen LogP contribution in [0.1, 0.15) is 33.3 Å². The summed E-state index contributed by atoms with van der Waals surface area (Å²) in [4.78, 5) is 12.1. The Labute approximate surface area is 132 Å². The fourth-order valence-corrected chi connectivity index (χ4v) is 2.42. The number of benzene rings is 1. The van der Waals surface area contributed by atoms with Gasteiger partial charge in [0.05, 0.1) is 0 Å². The van der Waals surface area contributed by atoms with E-state index in [2.05, 4.69) is 0 Å². The summed E-state index contributed by atoms with van der Waals surface area (Å²) in [5.74, 6) is -0.305. The second-order valence-corrected chi connectivity index (χ2v) is 5.84. The molecule has 0 saturated carbocycles. The summed E-state index contributed by atoms with van der Waals surface area (Å²) in [6.07, 6.45) is 7.21. The van der Waals surface area contributed by atoms with Gasteiger partial charge in [-0.2, -0.15) is 0 Å². The van der Waals surface area contributed by atoms with Crippen molar-refractivity contribution in [3.8, 4) is 0 Å². The molecule has 0 amide bonds. The van der Waals surface area contributed by atoms with E-state index < -0.39 is 0 Å². The number of esters is 1. The molecular formula is C20H22O2. The Morgan fingerprint density at radius 1 is 1.09 bits per heavy atom. The number of hydrogen-bond acceptors (Lipinski definition) is 2. The Bertz CT molecular complexity index is 665. The van der Waals surface area contributed by atoms with Crippen LogP contribution in [0.3, 0.4) is 0 Å². The topological polar surface area (TPSA) is 26.3 Å². The van der Waals surface area contributed by atoms with Gasteiger partial charge in [0.2, 0.25) is 0 Å². The molecule has 1 aliphatic rings. The molecule has 114 valence electrons. The van der Waals surface area contributed by atoms with E-state index in [1.54, 1.807) is 0 Å². The molecule has 1 atom stereocenters. The predicted molar refractivity (Wildman–Crippen MR) is 91.2 cm³/mol. The molecule has 0 aliphatic heterocycles. The van der Waals surface area contributed by atoms with Gasteiger partial charge in [0.1, 0.15) is 0 Å². The summed E-state index contributed by atoms with van der Waals surface area (Å²) in [7, 11) is 0. The monoisotopic (exact) mass is 294 g/mol. The zero-order valence-corrected chi connectivity index (χ0v) is 13.6. The molecule has 2 nitrogen and oxygen atoms in total. The summed E-state index contributed by atoms with van der Waals surface area (Å²) in [6, 6.07) is 10.0. The highest BCUT2D eigenvalue weighted by Crippen LogP contribution is 2.31. The van der Waals surface area contributed by atoms with E-state index in [1.807, 2.05) is 76.3 Å². The van der Waals surface area contributed by atoms with E-state index >= 15 is 0 Å². The average Bonchev–Trinajstić information content (AvgIpc) is 2.47. The first-order valence-electron chi connectivity index (χ1n) is 7.45. The van der Waals surface area contributed by atoms with Gasteiger partial charge in [-0.25, -0.2) is 4.79 Å². The van der Waals surface area contributed by atoms with Gasteiger partial charge in [-0.3, -0.25) is 0 Å². The Balaban J connectivity index is 2.40. The third kappa shape index (κ3) is 3.85. The summed E-state index contributed by atoms with van der Waals surface area (Å²) in [5, 5.41) is 0. The van der Waals surface area contributed by atoms with E-state index in [0.29, 0.717) is 0 Å². The van der Waals surface area contributed by atoms with Crippen LogP contribution < -0.4 is 0 Å². The van der Waals surface area contributed by atoms with Crippen molar-refractivity contribution >= 4 is 11.5 Å². The van der Waals surface area contributed by atoms with E-state index in [4.69, 9.17) is 4.74 Å². The molecular weight excluding hydrogens is 272 g/mol. The molecule has 1 unspecified atom stereocenters. The van der Waals surface area contributed by atoms with Crippen molar-refractivity contribution < 1.29 is 9.53 Å². The normalized spacial score (nSPS) is 16.8. The lowest BCUT2D eigenvalue weighted by molar-refractivity contribution is -0.139. The molecule has 0 fully saturated rings. The third-order valence-corrected chi connectivity index (χ3v) is 3.44. The quantitative estimate of drug-likeness (QED) is 0.588. The largest absolute Gasteiger partial charge is 0.449 e. The second-order valence-electron chi connectivity index (χ2n) is 5.84. The van der Waals surface area contributed by atoms with Crippen molar-refractivity contribution in [2.75, 3.05) is 0 Å². The highest BCUT2D eigenvalue weighted by atomic mass is 16.5. The average molecular weight is 294 g/mol. The van der Waals surface area contributed by atoms with Crippen LogP contribution >= 0.6 is 0 Å². The van der Waals surface area contributed by atoms with Crippen molar-refractivity contribution in [2.45, 2.75) is 33.8 Å². The summed E-state index contributed by atoms with van der Waals surface area (Å²) < 4.78 is 5.75. The van der Waals surface area contributed by atoms with Gasteiger partial charge in [0.15, 0.2) is 6.10 Å². The third-order valence-electron chi connectivity index (χ3n) is 3.44. The molecule has 1 aromatic rings. The summed E-state index contributed by atoms with van der Waals surface area (Å²) >= 11 is 0. The molecule has 2 heteroatoms. The van der Waals surface area contributed by atoms with Crippen molar-refractivity contribution in [1.82, 2.24) is 0 Å². The molecule has 0 bridgehead atoms. The second kappa shape index (κ2) is 7.08. The summed E-state index contributed by atoms with van der Waals surface area (Å²) in [5.41, 5.74) is 5.19. The Kier molecular flexibility index (Phi) is 5.16. The zero-order chi connectivity index (χ0) is 16.1. The number of ether oxygens (including phenoxy) is 1. The van der Waals surface area contributed by atoms with Crippen molar-refractivity contribution in [1.29, 1.82) is 0 Å². The highest BCUT2D eigenvalue weighted by Gasteiger charge is 2.25. The standard InChI is InChI=1S/C20H22O2/c1-14(2)13-19(21)22-20-17(15(3)4)11-8-12-18(20)16-9-6-5-7-10-16/h5-13,20H,1-4H3. The lowest BCUT2D eigenvalue weighted by atomic mass is 9.89. The predicted octanol–water partition coefficient (Wildman–Crippen LogP) is 4.85. The Morgan fingerprint density at radius 2 is 1.77 bits per heavy atom. The van der Waals surface area contributed by atoms with Crippen LogP contribution in [-0.4, -0.2) is 12.1 Å². The SMILES string of the molecule is CC(C)=CC(=O)OC1C(c2ccccc2)=CC=CC1=C(C)C. The van der Waals surface area contributed by atoms with Gasteiger partial charge in [0.25, 0.3) is 0 Å². The fourth-order valence-electron chi connectivity index (χ4n) is 2.42. The van der Waals surface area contributed by atoms with E-state index in [1.165, 1.54) is 6.08 Å². The number of rotatable bonds is 3. The molecule has 1 aromatic carbocycles. The minimum absolute atomic E-state index is 0.305. The highest BCUT2D eigenvalue weighted by molar-refractivity contribution is 5.86. The minimum Gasteiger partial charge on any atom is -0.449 e. The van der Waals surface area contributed by atoms with Crippen LogP contribution in [0.25, 0.3) is 5.57 Å². The summed E-state index contributed by atoms with van der Waals surface area (Å²) in [6.45, 7) is 7.85. The lowest BCUT2D eigenvalue weighted by Gasteiger charge is -2.25. The van der Waals surface area contributed by atoms with Gasteiger partial charge in [0, 0.05) is 11.6 Å². The van der Waals surface area contributed by atoms with Gasteiger partial charge in [-0.1, -0.05) is 59.7 Å². The van der Waals surface area contributed by atoms with Crippen molar-refractivity contribution in [3.05, 3.63) is 76.9 Å². The van der Waals surface area contributed by atoms with Crippen LogP contribution in [0.2, 0.25) is 0 Å². The number of allylic oxidation sites excluding steroid dienone is 4. The first kappa shape index (κ1) is 16.0. The van der Waals surface area contributed by atoms with Gasteiger partial charge < -0.3 is 4.74 Å². The Morgan fingerprint density at radius 3 is 2.36 bits per heavy atom. The number of carbonyl (C=O) groups excluding carboxylic acids is 1. The molecule has 0 radical (unpaired) electrons. The van der Waals surface area contributed by atoms with Crippen LogP contribution in [-0.2, 0) is 9.53 Å². The van der Waals surface area contributed by atoms with Crippen molar-refractivity contribution in [3.63, 3.8) is 0 Å². The number of carbonyl (C=O) groups is 1. The molecule has 0 aromatic heterocycles. The fraction of sp³-hybridized carbons (Fsp3) is 0.250. The first-order valence-corrected chi connectivity index (χ1v) is 7.45. The van der Waals surface area contributed by atoms with Crippen molar-refractivity contribution in [2.24, 2.45) is 0 Å². The van der Waals surface area contributed by atoms with Crippen LogP contribution in [0.15, 0.2) is 71.4 Å². The van der Waals surface area contributed by atoms with Gasteiger partial charge in [-0.15, -0.1) is 0 Å². The van der Waals surface area contributed by atoms with Crippen LogP contribution in [0, 0.1) is 0 Å². The molecule has 22 heavy (non-hydrogen) atoms. The maximum atomic E-state index is 12.1. The maximum Gasteiger partial charge on any atom is 0.331 e. The molecule has 0 saturated heterocycles. The van der Waals surface area contributed by atoms with Crippen LogP contribution in [0.5, 0.6) is 0 Å². The molecule has 0 heterocycles. The first-order chi connectivity index (χ1) is 10.5. The lowest BCUT2D eigenvalue weighted by Crippen LogP contribution is -2.23. The molecule has 0 spiro atoms. The molecule has 2 rings (SSSR count). The molecule has 1 aliphatic carbocycles. The van der Waals surface area contributed by atoms with E-state index in [0.717, 1.165) is 27.9 Å². The smallest absolute Gasteiger partial charge is 0.331 e. The Hall–Kier alpha value is -2.35. The minimum atomic E-state index is -0.361. The van der Waals surface area contributed by atoms with Gasteiger partial charge >= 0.3 is 5.97 Å². The zero-order valence-electron chi connectivity index (χ0n) is 13.6. The maximum absolute atomic E-state index is 12.1. The van der Waals surface area contributed by atoms with Crippen LogP contribution in [0.4, 0.5) is 0 Å².